The fraction of sp³-hybridized carbons (Fsp3) is 0.200. The maximum atomic E-state index is 8.89. The van der Waals surface area contributed by atoms with Gasteiger partial charge in [0, 0.05) is 11.9 Å². The number of carboxylic acids is 2. The molecule has 1 rings (SSSR count). The van der Waals surface area contributed by atoms with Crippen molar-refractivity contribution in [1.29, 1.82) is 0 Å². The molecule has 0 N–H and O–H groups in total. The molecule has 1 atom stereocenters. The van der Waals surface area contributed by atoms with E-state index < -0.39 is 11.9 Å². The van der Waals surface area contributed by atoms with Crippen LogP contribution < -0.4 is 10.2 Å². The van der Waals surface area contributed by atoms with Crippen molar-refractivity contribution in [3.05, 3.63) is 36.4 Å². The molecule has 1 aromatic carbocycles. The molecule has 6 heteroatoms. The summed E-state index contributed by atoms with van der Waals surface area (Å²) in [6.45, 7) is 1.94. The Morgan fingerprint density at radius 2 is 1.19 bits per heavy atom. The number of hydrogen-bond donors (Lipinski definition) is 0. The topological polar surface area (TPSA) is 80.3 Å². The molecule has 0 heterocycles. The van der Waals surface area contributed by atoms with E-state index in [0.29, 0.717) is 0 Å². The van der Waals surface area contributed by atoms with Crippen LogP contribution in [0.25, 0.3) is 0 Å². The molecule has 0 radical (unpaired) electrons. The summed E-state index contributed by atoms with van der Waals surface area (Å²) < 4.78 is 0. The molecule has 0 aliphatic rings. The summed E-state index contributed by atoms with van der Waals surface area (Å²) in [6.07, 6.45) is 0. The van der Waals surface area contributed by atoms with Crippen molar-refractivity contribution < 1.29 is 40.2 Å². The minimum absolute atomic E-state index is 0. The second kappa shape index (κ2) is 19.8. The van der Waals surface area contributed by atoms with E-state index in [9.17, 15) is 0 Å². The maximum Gasteiger partial charge on any atom is 2.00 e. The minimum Gasteiger partial charge on any atom is -0.550 e. The van der Waals surface area contributed by atoms with Crippen LogP contribution in [0.2, 0.25) is 0 Å². The Balaban J connectivity index is -0.0000000660. The number of carbonyl (C=O) groups is 2. The summed E-state index contributed by atoms with van der Waals surface area (Å²) in [7, 11) is 0. The molecule has 0 fully saturated rings. The molecule has 0 spiro atoms. The van der Waals surface area contributed by atoms with Crippen molar-refractivity contribution in [2.75, 3.05) is 0 Å². The molecule has 0 amide bonds. The third kappa shape index (κ3) is 72.1. The molecule has 1 unspecified atom stereocenters. The summed E-state index contributed by atoms with van der Waals surface area (Å²) in [6, 6.07) is 12.5. The van der Waals surface area contributed by atoms with Crippen LogP contribution in [0.5, 0.6) is 0 Å². The van der Waals surface area contributed by atoms with Gasteiger partial charge in [0.05, 0.1) is 0 Å². The van der Waals surface area contributed by atoms with Crippen molar-refractivity contribution in [3.63, 3.8) is 0 Å². The van der Waals surface area contributed by atoms with Gasteiger partial charge in [-0.25, -0.2) is 0 Å². The molecule has 16 heavy (non-hydrogen) atoms. The van der Waals surface area contributed by atoms with Gasteiger partial charge in [0.25, 0.3) is 0 Å². The Labute approximate surface area is 112 Å². The first-order chi connectivity index (χ1) is 6.46. The van der Waals surface area contributed by atoms with Crippen molar-refractivity contribution >= 4 is 21.8 Å². The first kappa shape index (κ1) is 24.5. The van der Waals surface area contributed by atoms with Crippen molar-refractivity contribution in [2.24, 2.45) is 0 Å². The third-order valence-corrected chi connectivity index (χ3v) is 0.607. The van der Waals surface area contributed by atoms with Gasteiger partial charge in [-0.3, -0.25) is 0 Å². The van der Waals surface area contributed by atoms with Crippen LogP contribution in [0.3, 0.4) is 0 Å². The number of carboxylic acid groups (broad SMARTS) is 2. The molecule has 0 saturated carbocycles. The van der Waals surface area contributed by atoms with Gasteiger partial charge in [0.2, 0.25) is 0 Å². The van der Waals surface area contributed by atoms with Crippen molar-refractivity contribution in [1.82, 2.24) is 0 Å². The van der Waals surface area contributed by atoms with Crippen LogP contribution in [-0.4, -0.2) is 11.9 Å². The molecule has 0 aliphatic heterocycles. The van der Waals surface area contributed by atoms with Crippen molar-refractivity contribution in [2.45, 2.75) is 13.8 Å². The molecule has 4 nitrogen and oxygen atoms in total. The molecular formula is C10H14O4PPd-. The average Bonchev–Trinajstić information content (AvgIpc) is 2.05. The zero-order valence-corrected chi connectivity index (χ0v) is 12.0. The number of aliphatic carboxylic acids is 2. The van der Waals surface area contributed by atoms with Gasteiger partial charge in [0.1, 0.15) is 0 Å². The van der Waals surface area contributed by atoms with Crippen LogP contribution in [-0.2, 0) is 30.0 Å². The van der Waals surface area contributed by atoms with E-state index in [0.717, 1.165) is 13.8 Å². The predicted octanol–water partition coefficient (Wildman–Crippen LogP) is -0.945. The Morgan fingerprint density at radius 1 is 0.938 bits per heavy atom. The van der Waals surface area contributed by atoms with Crippen LogP contribution in [0, 0.1) is 6.07 Å². The Morgan fingerprint density at radius 3 is 1.25 bits per heavy atom. The molecule has 94 valence electrons. The van der Waals surface area contributed by atoms with Gasteiger partial charge in [-0.15, -0.1) is 0 Å². The van der Waals surface area contributed by atoms with E-state index in [1.807, 2.05) is 30.3 Å². The SMILES string of the molecule is CC(=O)[O-].CC(=O)[O-].P.[Pd+2].[c-]1ccccc1. The predicted molar refractivity (Wildman–Crippen MR) is 57.7 cm³/mol. The fourth-order valence-electron chi connectivity index (χ4n) is 0.342. The quantitative estimate of drug-likeness (QED) is 0.348. The van der Waals surface area contributed by atoms with Gasteiger partial charge in [-0.1, -0.05) is 0 Å². The Kier molecular flexibility index (Phi) is 30.2. The Hall–Kier alpha value is -0.748. The van der Waals surface area contributed by atoms with Gasteiger partial charge in [-0.05, 0) is 13.8 Å². The molecular weight excluding hydrogens is 322 g/mol. The first-order valence-electron chi connectivity index (χ1n) is 3.73. The maximum absolute atomic E-state index is 8.89. The van der Waals surface area contributed by atoms with Crippen LogP contribution in [0.4, 0.5) is 0 Å². The molecule has 0 saturated heterocycles. The van der Waals surface area contributed by atoms with Gasteiger partial charge in [-0.2, -0.15) is 46.3 Å². The van der Waals surface area contributed by atoms with E-state index in [2.05, 4.69) is 6.07 Å². The minimum atomic E-state index is -1.08. The van der Waals surface area contributed by atoms with Gasteiger partial charge in [0.15, 0.2) is 0 Å². The average molecular weight is 336 g/mol. The van der Waals surface area contributed by atoms with Gasteiger partial charge < -0.3 is 19.8 Å². The van der Waals surface area contributed by atoms with E-state index in [1.165, 1.54) is 0 Å². The van der Waals surface area contributed by atoms with E-state index in [1.54, 1.807) is 0 Å². The van der Waals surface area contributed by atoms with E-state index in [-0.39, 0.29) is 30.3 Å². The van der Waals surface area contributed by atoms with Crippen molar-refractivity contribution in [3.8, 4) is 0 Å². The molecule has 0 bridgehead atoms. The normalized spacial score (nSPS) is 6.12. The third-order valence-electron chi connectivity index (χ3n) is 0.607. The standard InChI is InChI=1S/C6H5.2C2H4O2.H3P.Pd/c1-2-4-6-5-3-1;2*1-2(3)4;;/h1-5H;2*1H3,(H,3,4);1H3;/q-1;;;;+2/p-2. The zero-order valence-electron chi connectivity index (χ0n) is 9.04. The van der Waals surface area contributed by atoms with Gasteiger partial charge >= 0.3 is 20.4 Å². The number of rotatable bonds is 0. The van der Waals surface area contributed by atoms with Crippen LogP contribution in [0.1, 0.15) is 13.8 Å². The van der Waals surface area contributed by atoms with E-state index >= 15 is 0 Å². The largest absolute Gasteiger partial charge is 2.00 e. The second-order valence-corrected chi connectivity index (χ2v) is 2.06. The smallest absolute Gasteiger partial charge is 0.550 e. The first-order valence-corrected chi connectivity index (χ1v) is 3.73. The Bertz CT molecular complexity index is 208. The molecule has 0 aliphatic carbocycles. The summed E-state index contributed by atoms with van der Waals surface area (Å²) in [5.74, 6) is -2.17. The monoisotopic (exact) mass is 335 g/mol. The summed E-state index contributed by atoms with van der Waals surface area (Å²) >= 11 is 0. The van der Waals surface area contributed by atoms with Crippen LogP contribution in [0.15, 0.2) is 30.3 Å². The number of carbonyl (C=O) groups excluding carboxylic acids is 2. The van der Waals surface area contributed by atoms with Crippen LogP contribution >= 0.6 is 9.90 Å². The molecule has 0 aromatic heterocycles. The van der Waals surface area contributed by atoms with E-state index in [4.69, 9.17) is 19.8 Å². The second-order valence-electron chi connectivity index (χ2n) is 2.06. The number of benzene rings is 1. The summed E-state index contributed by atoms with van der Waals surface area (Å²) in [4.78, 5) is 17.8. The summed E-state index contributed by atoms with van der Waals surface area (Å²) in [5, 5.41) is 17.8. The number of hydrogen-bond acceptors (Lipinski definition) is 4. The fourth-order valence-corrected chi connectivity index (χ4v) is 0.342. The summed E-state index contributed by atoms with van der Waals surface area (Å²) in [5.41, 5.74) is 0. The molecule has 1 aromatic rings. The zero-order chi connectivity index (χ0) is 11.4.